The molecule has 0 spiro atoms. The molecule has 5 rings (SSSR count). The molecule has 206 valence electrons. The molecular formula is C25H23ClF3N5O5. The number of halogens is 4. The molecule has 0 saturated carbocycles. The van der Waals surface area contributed by atoms with E-state index in [2.05, 4.69) is 29.1 Å². The molecule has 0 radical (unpaired) electrons. The normalized spacial score (nSPS) is 13.7. The Morgan fingerprint density at radius 3 is 2.54 bits per heavy atom. The van der Waals surface area contributed by atoms with E-state index in [4.69, 9.17) is 31.1 Å². The number of aliphatic carboxylic acids is 2. The van der Waals surface area contributed by atoms with Crippen LogP contribution in [-0.4, -0.2) is 66.2 Å². The second kappa shape index (κ2) is 11.0. The topological polar surface area (TPSA) is 135 Å². The van der Waals surface area contributed by atoms with Crippen molar-refractivity contribution in [1.29, 1.82) is 0 Å². The fourth-order valence-electron chi connectivity index (χ4n) is 4.28. The number of hydrogen-bond donors (Lipinski definition) is 2. The molecule has 0 atom stereocenters. The number of alkyl halides is 3. The van der Waals surface area contributed by atoms with Crippen molar-refractivity contribution in [3.05, 3.63) is 52.7 Å². The largest absolute Gasteiger partial charge is 0.490 e. The van der Waals surface area contributed by atoms with E-state index in [0.717, 1.165) is 39.6 Å². The summed E-state index contributed by atoms with van der Waals surface area (Å²) in [5.41, 5.74) is 4.88. The number of fused-ring (bicyclic) bond motifs is 2. The van der Waals surface area contributed by atoms with Gasteiger partial charge in [-0.1, -0.05) is 35.0 Å². The number of aromatic nitrogens is 4. The minimum Gasteiger partial charge on any atom is -0.480 e. The molecule has 10 nitrogen and oxygen atoms in total. The Bertz CT molecular complexity index is 1530. The predicted octanol–water partition coefficient (Wildman–Crippen LogP) is 5.06. The number of nitrogens with zero attached hydrogens (tertiary/aromatic N) is 5. The van der Waals surface area contributed by atoms with Crippen LogP contribution in [0.25, 0.3) is 33.7 Å². The van der Waals surface area contributed by atoms with E-state index < -0.39 is 18.1 Å². The van der Waals surface area contributed by atoms with Gasteiger partial charge in [-0.05, 0) is 49.6 Å². The SMILES string of the molecule is CC(C)n1nc(Cl)c2cc(-c3nc(-c4cccc5c4CCN(CC(=O)O)C5)no3)ccc21.O=C(O)C(F)(F)F. The molecule has 39 heavy (non-hydrogen) atoms. The van der Waals surface area contributed by atoms with Crippen LogP contribution in [0.2, 0.25) is 5.15 Å². The summed E-state index contributed by atoms with van der Waals surface area (Å²) in [6, 6.07) is 12.0. The van der Waals surface area contributed by atoms with E-state index in [0.29, 0.717) is 30.0 Å². The van der Waals surface area contributed by atoms with Gasteiger partial charge in [0.25, 0.3) is 5.89 Å². The molecule has 4 aromatic rings. The van der Waals surface area contributed by atoms with Gasteiger partial charge < -0.3 is 14.7 Å². The number of rotatable bonds is 5. The van der Waals surface area contributed by atoms with Gasteiger partial charge in [-0.2, -0.15) is 23.3 Å². The molecule has 0 saturated heterocycles. The van der Waals surface area contributed by atoms with Crippen LogP contribution >= 0.6 is 11.6 Å². The molecule has 3 heterocycles. The molecular weight excluding hydrogens is 543 g/mol. The fourth-order valence-corrected chi connectivity index (χ4v) is 4.52. The summed E-state index contributed by atoms with van der Waals surface area (Å²) in [7, 11) is 0. The van der Waals surface area contributed by atoms with Gasteiger partial charge in [0.05, 0.1) is 12.1 Å². The number of benzene rings is 2. The van der Waals surface area contributed by atoms with Crippen molar-refractivity contribution in [2.45, 2.75) is 39.0 Å². The zero-order valence-electron chi connectivity index (χ0n) is 20.7. The average Bonchev–Trinajstić information content (AvgIpc) is 3.48. The molecule has 1 aliphatic heterocycles. The van der Waals surface area contributed by atoms with Crippen LogP contribution in [0.15, 0.2) is 40.9 Å². The molecule has 0 unspecified atom stereocenters. The summed E-state index contributed by atoms with van der Waals surface area (Å²) in [4.78, 5) is 26.5. The molecule has 1 aliphatic rings. The Kier molecular flexibility index (Phi) is 7.93. The third kappa shape index (κ3) is 6.20. The average molecular weight is 566 g/mol. The molecule has 0 bridgehead atoms. The Morgan fingerprint density at radius 1 is 1.18 bits per heavy atom. The van der Waals surface area contributed by atoms with Gasteiger partial charge in [0.1, 0.15) is 0 Å². The van der Waals surface area contributed by atoms with Crippen molar-refractivity contribution in [3.8, 4) is 22.8 Å². The first kappa shape index (κ1) is 28.0. The zero-order chi connectivity index (χ0) is 28.5. The lowest BCUT2D eigenvalue weighted by Crippen LogP contribution is -2.34. The zero-order valence-corrected chi connectivity index (χ0v) is 21.5. The second-order valence-corrected chi connectivity index (χ2v) is 9.44. The van der Waals surface area contributed by atoms with Crippen LogP contribution in [-0.2, 0) is 22.6 Å². The lowest BCUT2D eigenvalue weighted by molar-refractivity contribution is -0.192. The van der Waals surface area contributed by atoms with Gasteiger partial charge in [0, 0.05) is 35.6 Å². The summed E-state index contributed by atoms with van der Waals surface area (Å²) in [5.74, 6) is -2.64. The predicted molar refractivity (Wildman–Crippen MR) is 134 cm³/mol. The molecule has 2 aromatic carbocycles. The number of carboxylic acids is 2. The van der Waals surface area contributed by atoms with Gasteiger partial charge in [-0.25, -0.2) is 4.79 Å². The summed E-state index contributed by atoms with van der Waals surface area (Å²) in [6.45, 7) is 5.42. The molecule has 2 N–H and O–H groups in total. The summed E-state index contributed by atoms with van der Waals surface area (Å²) >= 11 is 6.37. The minimum atomic E-state index is -5.08. The monoisotopic (exact) mass is 565 g/mol. The van der Waals surface area contributed by atoms with E-state index in [1.54, 1.807) is 0 Å². The first-order valence-corrected chi connectivity index (χ1v) is 12.1. The Morgan fingerprint density at radius 2 is 1.90 bits per heavy atom. The summed E-state index contributed by atoms with van der Waals surface area (Å²) in [5, 5.41) is 26.1. The lowest BCUT2D eigenvalue weighted by atomic mass is 9.94. The lowest BCUT2D eigenvalue weighted by Gasteiger charge is -2.28. The van der Waals surface area contributed by atoms with Gasteiger partial charge in [0.2, 0.25) is 5.82 Å². The second-order valence-electron chi connectivity index (χ2n) is 9.08. The highest BCUT2D eigenvalue weighted by atomic mass is 35.5. The van der Waals surface area contributed by atoms with E-state index in [1.807, 2.05) is 46.0 Å². The number of carbonyl (C=O) groups is 2. The third-order valence-corrected chi connectivity index (χ3v) is 6.29. The van der Waals surface area contributed by atoms with Crippen LogP contribution in [0.5, 0.6) is 0 Å². The highest BCUT2D eigenvalue weighted by Crippen LogP contribution is 2.33. The quantitative estimate of drug-likeness (QED) is 0.340. The molecule has 0 fully saturated rings. The highest BCUT2D eigenvalue weighted by Gasteiger charge is 2.38. The summed E-state index contributed by atoms with van der Waals surface area (Å²) in [6.07, 6.45) is -4.35. The maximum absolute atomic E-state index is 11.1. The van der Waals surface area contributed by atoms with Crippen molar-refractivity contribution in [2.24, 2.45) is 0 Å². The van der Waals surface area contributed by atoms with Crippen LogP contribution in [0.1, 0.15) is 31.0 Å². The first-order valence-electron chi connectivity index (χ1n) is 11.7. The Labute approximate surface area is 224 Å². The van der Waals surface area contributed by atoms with Gasteiger partial charge in [-0.15, -0.1) is 0 Å². The van der Waals surface area contributed by atoms with E-state index in [-0.39, 0.29) is 12.6 Å². The van der Waals surface area contributed by atoms with Gasteiger partial charge >= 0.3 is 18.1 Å². The standard InChI is InChI=1S/C23H22ClN5O3.C2HF3O2/c1-13(2)29-19-7-6-14(10-18(19)21(24)26-29)23-25-22(27-32-23)17-5-3-4-15-11-28(12-20(30)31)9-8-16(15)17;3-2(4,5)1(6)7/h3-7,10,13H,8-9,11-12H2,1-2H3,(H,30,31);(H,6,7). The van der Waals surface area contributed by atoms with Crippen molar-refractivity contribution in [2.75, 3.05) is 13.1 Å². The van der Waals surface area contributed by atoms with Crippen LogP contribution in [0.3, 0.4) is 0 Å². The molecule has 14 heteroatoms. The minimum absolute atomic E-state index is 0.0362. The smallest absolute Gasteiger partial charge is 0.480 e. The van der Waals surface area contributed by atoms with E-state index in [1.165, 1.54) is 0 Å². The molecule has 0 amide bonds. The van der Waals surface area contributed by atoms with Crippen LogP contribution in [0, 0.1) is 0 Å². The van der Waals surface area contributed by atoms with Gasteiger partial charge in [-0.3, -0.25) is 14.4 Å². The maximum Gasteiger partial charge on any atom is 0.490 e. The number of carboxylic acid groups (broad SMARTS) is 2. The Balaban J connectivity index is 0.000000448. The first-order chi connectivity index (χ1) is 18.3. The van der Waals surface area contributed by atoms with E-state index in [9.17, 15) is 18.0 Å². The third-order valence-electron chi connectivity index (χ3n) is 6.01. The molecule has 2 aromatic heterocycles. The van der Waals surface area contributed by atoms with Crippen molar-refractivity contribution in [3.63, 3.8) is 0 Å². The van der Waals surface area contributed by atoms with Gasteiger partial charge in [0.15, 0.2) is 5.15 Å². The van der Waals surface area contributed by atoms with Crippen LogP contribution in [0.4, 0.5) is 13.2 Å². The van der Waals surface area contributed by atoms with Crippen molar-refractivity contribution >= 4 is 34.4 Å². The Hall–Kier alpha value is -3.97. The van der Waals surface area contributed by atoms with Crippen molar-refractivity contribution in [1.82, 2.24) is 24.8 Å². The van der Waals surface area contributed by atoms with Crippen LogP contribution < -0.4 is 0 Å². The molecule has 0 aliphatic carbocycles. The fraction of sp³-hybridized carbons (Fsp3) is 0.320. The maximum atomic E-state index is 11.1. The van der Waals surface area contributed by atoms with Crippen molar-refractivity contribution < 1.29 is 37.5 Å². The summed E-state index contributed by atoms with van der Waals surface area (Å²) < 4.78 is 39.2. The number of hydrogen-bond acceptors (Lipinski definition) is 7. The highest BCUT2D eigenvalue weighted by molar-refractivity contribution is 6.34. The van der Waals surface area contributed by atoms with E-state index >= 15 is 0 Å².